The normalized spacial score (nSPS) is 14.6. The summed E-state index contributed by atoms with van der Waals surface area (Å²) >= 11 is 0. The van der Waals surface area contributed by atoms with Crippen molar-refractivity contribution >= 4 is 23.2 Å². The van der Waals surface area contributed by atoms with Crippen molar-refractivity contribution in [3.05, 3.63) is 54.1 Å². The Morgan fingerprint density at radius 2 is 1.89 bits per heavy atom. The third-order valence-electron chi connectivity index (χ3n) is 6.61. The van der Waals surface area contributed by atoms with Crippen LogP contribution in [0, 0.1) is 0 Å². The summed E-state index contributed by atoms with van der Waals surface area (Å²) in [5, 5.41) is 8.40. The van der Waals surface area contributed by atoms with Crippen molar-refractivity contribution in [2.75, 3.05) is 42.3 Å². The average molecular weight is 487 g/mol. The first-order chi connectivity index (χ1) is 17.4. The van der Waals surface area contributed by atoms with Crippen LogP contribution in [0.15, 0.2) is 42.9 Å². The first-order valence-electron chi connectivity index (χ1n) is 12.5. The van der Waals surface area contributed by atoms with Gasteiger partial charge in [0.15, 0.2) is 11.5 Å². The molecule has 0 radical (unpaired) electrons. The molecular formula is C26H34N10. The van der Waals surface area contributed by atoms with Gasteiger partial charge in [0.05, 0.1) is 17.6 Å². The topological polar surface area (TPSA) is 113 Å². The fraction of sp³-hybridized carbons (Fsp3) is 0.423. The van der Waals surface area contributed by atoms with Crippen LogP contribution in [-0.2, 0) is 6.54 Å². The molecule has 4 aromatic heterocycles. The lowest BCUT2D eigenvalue weighted by Crippen LogP contribution is -2.40. The standard InChI is InChI=1S/C26H34N10/c1-17(2)21-16-31-25-24(32-26(33-36(21)25)35-12-9-20(27)10-13-35)30-15-18-6-5-11-28-23(18)19-7-8-22(29-14-19)34(3)4/h5-8,11,14,16-17,20H,9-10,12-13,15,27H2,1-4H3,(H,30,32,33). The second-order valence-corrected chi connectivity index (χ2v) is 9.82. The number of piperidine rings is 1. The van der Waals surface area contributed by atoms with Gasteiger partial charge in [-0.25, -0.2) is 14.5 Å². The molecule has 1 aliphatic rings. The molecule has 10 heteroatoms. The SMILES string of the molecule is CC(C)c1cnc2c(NCc3cccnc3-c3ccc(N(C)C)nc3)nc(N3CCC(N)CC3)nn12. The molecule has 1 fully saturated rings. The van der Waals surface area contributed by atoms with E-state index >= 15 is 0 Å². The van der Waals surface area contributed by atoms with E-state index in [-0.39, 0.29) is 12.0 Å². The third-order valence-corrected chi connectivity index (χ3v) is 6.61. The third kappa shape index (κ3) is 4.81. The molecule has 1 aliphatic heterocycles. The fourth-order valence-electron chi connectivity index (χ4n) is 4.44. The van der Waals surface area contributed by atoms with Crippen LogP contribution in [-0.4, -0.2) is 62.8 Å². The van der Waals surface area contributed by atoms with Gasteiger partial charge in [-0.3, -0.25) is 4.98 Å². The maximum atomic E-state index is 6.13. The second kappa shape index (κ2) is 10.1. The first kappa shape index (κ1) is 23.9. The lowest BCUT2D eigenvalue weighted by Gasteiger charge is -2.30. The Kier molecular flexibility index (Phi) is 6.69. The van der Waals surface area contributed by atoms with Crippen molar-refractivity contribution in [1.29, 1.82) is 0 Å². The van der Waals surface area contributed by atoms with E-state index < -0.39 is 0 Å². The highest BCUT2D eigenvalue weighted by atomic mass is 15.4. The quantitative estimate of drug-likeness (QED) is 0.406. The lowest BCUT2D eigenvalue weighted by molar-refractivity contribution is 0.493. The molecule has 0 unspecified atom stereocenters. The van der Waals surface area contributed by atoms with E-state index in [1.807, 2.05) is 54.2 Å². The van der Waals surface area contributed by atoms with Gasteiger partial charge in [0, 0.05) is 57.7 Å². The van der Waals surface area contributed by atoms with Crippen molar-refractivity contribution in [2.45, 2.75) is 45.2 Å². The van der Waals surface area contributed by atoms with Crippen molar-refractivity contribution in [3.63, 3.8) is 0 Å². The zero-order chi connectivity index (χ0) is 25.2. The summed E-state index contributed by atoms with van der Waals surface area (Å²) in [5.41, 5.74) is 10.8. The molecule has 0 aromatic carbocycles. The van der Waals surface area contributed by atoms with E-state index in [1.54, 1.807) is 0 Å². The molecule has 0 saturated carbocycles. The van der Waals surface area contributed by atoms with Crippen molar-refractivity contribution < 1.29 is 0 Å². The molecule has 10 nitrogen and oxygen atoms in total. The molecule has 0 aliphatic carbocycles. The number of fused-ring (bicyclic) bond motifs is 1. The van der Waals surface area contributed by atoms with E-state index in [0.717, 1.165) is 59.9 Å². The van der Waals surface area contributed by atoms with E-state index in [9.17, 15) is 0 Å². The molecule has 3 N–H and O–H groups in total. The number of nitrogens with two attached hydrogens (primary N) is 1. The Balaban J connectivity index is 1.47. The maximum absolute atomic E-state index is 6.13. The van der Waals surface area contributed by atoms with Gasteiger partial charge in [-0.05, 0) is 42.5 Å². The minimum Gasteiger partial charge on any atom is -0.363 e. The summed E-state index contributed by atoms with van der Waals surface area (Å²) in [4.78, 5) is 23.0. The van der Waals surface area contributed by atoms with Gasteiger partial charge in [-0.15, -0.1) is 5.10 Å². The fourth-order valence-corrected chi connectivity index (χ4v) is 4.44. The highest BCUT2D eigenvalue weighted by Gasteiger charge is 2.22. The largest absolute Gasteiger partial charge is 0.363 e. The highest BCUT2D eigenvalue weighted by Crippen LogP contribution is 2.26. The number of nitrogens with zero attached hydrogens (tertiary/aromatic N) is 8. The summed E-state index contributed by atoms with van der Waals surface area (Å²) in [6, 6.07) is 8.33. The minimum absolute atomic E-state index is 0.243. The molecule has 0 atom stereocenters. The lowest BCUT2D eigenvalue weighted by atomic mass is 10.1. The van der Waals surface area contributed by atoms with Crippen LogP contribution in [0.3, 0.4) is 0 Å². The Morgan fingerprint density at radius 3 is 2.58 bits per heavy atom. The number of hydrogen-bond acceptors (Lipinski definition) is 9. The summed E-state index contributed by atoms with van der Waals surface area (Å²) in [7, 11) is 3.96. The van der Waals surface area contributed by atoms with Crippen LogP contribution in [0.2, 0.25) is 0 Å². The van der Waals surface area contributed by atoms with Crippen LogP contribution in [0.1, 0.15) is 43.9 Å². The monoisotopic (exact) mass is 486 g/mol. The number of rotatable bonds is 7. The number of pyridine rings is 2. The van der Waals surface area contributed by atoms with Crippen LogP contribution in [0.5, 0.6) is 0 Å². The molecule has 1 saturated heterocycles. The van der Waals surface area contributed by atoms with Gasteiger partial charge < -0.3 is 20.9 Å². The number of hydrogen-bond donors (Lipinski definition) is 2. The summed E-state index contributed by atoms with van der Waals surface area (Å²) in [5.74, 6) is 2.60. The highest BCUT2D eigenvalue weighted by molar-refractivity contribution is 5.67. The van der Waals surface area contributed by atoms with Gasteiger partial charge in [-0.1, -0.05) is 19.9 Å². The van der Waals surface area contributed by atoms with E-state index in [1.165, 1.54) is 0 Å². The van der Waals surface area contributed by atoms with Gasteiger partial charge in [0.1, 0.15) is 5.82 Å². The number of imidazole rings is 1. The second-order valence-electron chi connectivity index (χ2n) is 9.82. The molecular weight excluding hydrogens is 452 g/mol. The van der Waals surface area contributed by atoms with Crippen LogP contribution < -0.4 is 20.9 Å². The van der Waals surface area contributed by atoms with Crippen LogP contribution in [0.4, 0.5) is 17.6 Å². The molecule has 0 bridgehead atoms. The number of nitrogens with one attached hydrogen (secondary N) is 1. The minimum atomic E-state index is 0.243. The van der Waals surface area contributed by atoms with E-state index in [2.05, 4.69) is 51.1 Å². The van der Waals surface area contributed by atoms with Crippen molar-refractivity contribution in [3.8, 4) is 11.3 Å². The number of aromatic nitrogens is 6. The van der Waals surface area contributed by atoms with Gasteiger partial charge in [-0.2, -0.15) is 4.98 Å². The van der Waals surface area contributed by atoms with Crippen molar-refractivity contribution in [1.82, 2.24) is 29.5 Å². The molecule has 36 heavy (non-hydrogen) atoms. The Bertz CT molecular complexity index is 1320. The molecule has 5 heterocycles. The van der Waals surface area contributed by atoms with Gasteiger partial charge in [0.2, 0.25) is 5.95 Å². The van der Waals surface area contributed by atoms with Crippen molar-refractivity contribution in [2.24, 2.45) is 5.73 Å². The summed E-state index contributed by atoms with van der Waals surface area (Å²) in [6.45, 7) is 6.53. The van der Waals surface area contributed by atoms with Gasteiger partial charge in [0.25, 0.3) is 0 Å². The summed E-state index contributed by atoms with van der Waals surface area (Å²) < 4.78 is 1.93. The molecule has 188 valence electrons. The Hall–Kier alpha value is -3.79. The Labute approximate surface area is 211 Å². The molecule has 4 aromatic rings. The molecule has 0 spiro atoms. The predicted molar refractivity (Wildman–Crippen MR) is 143 cm³/mol. The Morgan fingerprint density at radius 1 is 1.08 bits per heavy atom. The number of anilines is 3. The molecule has 0 amide bonds. The van der Waals surface area contributed by atoms with E-state index in [4.69, 9.17) is 15.8 Å². The average Bonchev–Trinajstić information content (AvgIpc) is 3.32. The predicted octanol–water partition coefficient (Wildman–Crippen LogP) is 3.31. The zero-order valence-electron chi connectivity index (χ0n) is 21.4. The molecule has 5 rings (SSSR count). The summed E-state index contributed by atoms with van der Waals surface area (Å²) in [6.07, 6.45) is 7.44. The van der Waals surface area contributed by atoms with Gasteiger partial charge >= 0.3 is 0 Å². The van der Waals surface area contributed by atoms with Crippen LogP contribution in [0.25, 0.3) is 16.9 Å². The maximum Gasteiger partial charge on any atom is 0.245 e. The first-order valence-corrected chi connectivity index (χ1v) is 12.5. The smallest absolute Gasteiger partial charge is 0.245 e. The van der Waals surface area contributed by atoms with E-state index in [0.29, 0.717) is 18.3 Å². The zero-order valence-corrected chi connectivity index (χ0v) is 21.4. The van der Waals surface area contributed by atoms with Crippen LogP contribution >= 0.6 is 0 Å².